The quantitative estimate of drug-likeness (QED) is 0.647. The van der Waals surface area contributed by atoms with E-state index in [1.54, 1.807) is 0 Å². The highest BCUT2D eigenvalue weighted by Crippen LogP contribution is 2.30. The molecule has 0 aliphatic carbocycles. The van der Waals surface area contributed by atoms with Crippen LogP contribution in [0.25, 0.3) is 0 Å². The van der Waals surface area contributed by atoms with E-state index in [1.807, 2.05) is 0 Å². The molecule has 0 saturated carbocycles. The molecule has 2 aliphatic rings. The van der Waals surface area contributed by atoms with Crippen molar-refractivity contribution in [3.05, 3.63) is 0 Å². The Balaban J connectivity index is 2.03. The van der Waals surface area contributed by atoms with Gasteiger partial charge in [0, 0.05) is 33.2 Å². The van der Waals surface area contributed by atoms with Gasteiger partial charge in [-0.3, -0.25) is 19.3 Å². The van der Waals surface area contributed by atoms with Gasteiger partial charge in [-0.15, -0.1) is 0 Å². The van der Waals surface area contributed by atoms with Gasteiger partial charge in [-0.25, -0.2) is 0 Å². The predicted octanol–water partition coefficient (Wildman–Crippen LogP) is -0.994. The molecule has 7 nitrogen and oxygen atoms in total. The molecule has 0 aromatic carbocycles. The summed E-state index contributed by atoms with van der Waals surface area (Å²) in [6.45, 7) is 1.24. The second-order valence-electron chi connectivity index (χ2n) is 5.45. The fourth-order valence-corrected chi connectivity index (χ4v) is 2.65. The van der Waals surface area contributed by atoms with Crippen molar-refractivity contribution >= 4 is 17.7 Å². The fourth-order valence-electron chi connectivity index (χ4n) is 2.65. The van der Waals surface area contributed by atoms with Gasteiger partial charge < -0.3 is 15.8 Å². The smallest absolute Gasteiger partial charge is 0.251 e. The molecule has 0 spiro atoms. The Morgan fingerprint density at radius 1 is 1.45 bits per heavy atom. The molecule has 3 amide bonds. The minimum absolute atomic E-state index is 0.204. The zero-order valence-electron chi connectivity index (χ0n) is 11.7. The van der Waals surface area contributed by atoms with Gasteiger partial charge >= 0.3 is 0 Å². The van der Waals surface area contributed by atoms with Crippen molar-refractivity contribution in [1.82, 2.24) is 10.2 Å². The summed E-state index contributed by atoms with van der Waals surface area (Å²) in [5.74, 6) is -0.765. The number of piperidine rings is 1. The van der Waals surface area contributed by atoms with E-state index >= 15 is 0 Å². The number of hydrogen-bond acceptors (Lipinski definition) is 5. The Hall–Kier alpha value is -1.47. The minimum Gasteiger partial charge on any atom is -0.381 e. The van der Waals surface area contributed by atoms with Crippen LogP contribution in [-0.4, -0.2) is 55.5 Å². The van der Waals surface area contributed by atoms with Gasteiger partial charge in [-0.1, -0.05) is 0 Å². The zero-order valence-corrected chi connectivity index (χ0v) is 11.7. The lowest BCUT2D eigenvalue weighted by atomic mass is 9.79. The third kappa shape index (κ3) is 2.69. The van der Waals surface area contributed by atoms with Crippen LogP contribution < -0.4 is 11.1 Å². The van der Waals surface area contributed by atoms with Crippen LogP contribution in [0, 0.1) is 5.41 Å². The van der Waals surface area contributed by atoms with Crippen LogP contribution in [0.1, 0.15) is 25.7 Å². The average molecular weight is 283 g/mol. The maximum absolute atomic E-state index is 12.5. The Morgan fingerprint density at radius 3 is 2.70 bits per heavy atom. The number of likely N-dealkylation sites (tertiary alicyclic amines) is 1. The lowest BCUT2D eigenvalue weighted by Crippen LogP contribution is -2.57. The number of ether oxygens (including phenoxy) is 1. The molecule has 1 atom stereocenters. The molecule has 2 rings (SSSR count). The lowest BCUT2D eigenvalue weighted by molar-refractivity contribution is -0.151. The van der Waals surface area contributed by atoms with Gasteiger partial charge in [0.25, 0.3) is 5.91 Å². The summed E-state index contributed by atoms with van der Waals surface area (Å²) in [5.41, 5.74) is 5.11. The first-order valence-electron chi connectivity index (χ1n) is 6.89. The number of imide groups is 1. The first kappa shape index (κ1) is 14.9. The van der Waals surface area contributed by atoms with Crippen LogP contribution in [0.3, 0.4) is 0 Å². The molecule has 2 aliphatic heterocycles. The summed E-state index contributed by atoms with van der Waals surface area (Å²) in [6, 6.07) is -0.628. The van der Waals surface area contributed by atoms with E-state index in [9.17, 15) is 14.4 Å². The molecule has 0 aromatic rings. The molecule has 3 N–H and O–H groups in total. The van der Waals surface area contributed by atoms with Crippen LogP contribution in [0.5, 0.6) is 0 Å². The summed E-state index contributed by atoms with van der Waals surface area (Å²) in [4.78, 5) is 36.9. The standard InChI is InChI=1S/C13H21N3O4/c1-16-10(17)3-2-9(11(16)18)15-12(19)13(8-14)4-6-20-7-5-13/h9H,2-8,14H2,1H3,(H,15,19). The number of nitrogens with zero attached hydrogens (tertiary/aromatic N) is 1. The summed E-state index contributed by atoms with van der Waals surface area (Å²) in [6.07, 6.45) is 1.74. The molecule has 112 valence electrons. The number of amides is 3. The van der Waals surface area contributed by atoms with Crippen molar-refractivity contribution in [3.63, 3.8) is 0 Å². The van der Waals surface area contributed by atoms with E-state index in [0.717, 1.165) is 4.90 Å². The summed E-state index contributed by atoms with van der Waals surface area (Å²) < 4.78 is 5.26. The Morgan fingerprint density at radius 2 is 2.10 bits per heavy atom. The third-order valence-corrected chi connectivity index (χ3v) is 4.28. The van der Waals surface area contributed by atoms with Gasteiger partial charge in [0.1, 0.15) is 6.04 Å². The van der Waals surface area contributed by atoms with Crippen LogP contribution in [-0.2, 0) is 19.1 Å². The van der Waals surface area contributed by atoms with E-state index in [1.165, 1.54) is 7.05 Å². The number of likely N-dealkylation sites (N-methyl/N-ethyl adjacent to an activating group) is 1. The van der Waals surface area contributed by atoms with Crippen molar-refractivity contribution in [2.24, 2.45) is 11.1 Å². The molecule has 0 bridgehead atoms. The number of nitrogens with two attached hydrogens (primary N) is 1. The van der Waals surface area contributed by atoms with E-state index in [0.29, 0.717) is 32.5 Å². The fraction of sp³-hybridized carbons (Fsp3) is 0.769. The van der Waals surface area contributed by atoms with Gasteiger partial charge in [0.05, 0.1) is 5.41 Å². The van der Waals surface area contributed by atoms with Gasteiger partial charge in [0.2, 0.25) is 11.8 Å². The van der Waals surface area contributed by atoms with E-state index in [2.05, 4.69) is 5.32 Å². The maximum Gasteiger partial charge on any atom is 0.251 e. The Bertz CT molecular complexity index is 418. The van der Waals surface area contributed by atoms with Crippen LogP contribution in [0.4, 0.5) is 0 Å². The highest BCUT2D eigenvalue weighted by Gasteiger charge is 2.41. The zero-order chi connectivity index (χ0) is 14.8. The topological polar surface area (TPSA) is 102 Å². The molecule has 20 heavy (non-hydrogen) atoms. The molecule has 2 saturated heterocycles. The number of carbonyl (C=O) groups excluding carboxylic acids is 3. The predicted molar refractivity (Wildman–Crippen MR) is 70.5 cm³/mol. The van der Waals surface area contributed by atoms with Crippen molar-refractivity contribution in [3.8, 4) is 0 Å². The molecule has 0 aromatic heterocycles. The van der Waals surface area contributed by atoms with Gasteiger partial charge in [0.15, 0.2) is 0 Å². The molecule has 0 radical (unpaired) electrons. The third-order valence-electron chi connectivity index (χ3n) is 4.28. The monoisotopic (exact) mass is 283 g/mol. The van der Waals surface area contributed by atoms with Gasteiger partial charge in [-0.2, -0.15) is 0 Å². The number of carbonyl (C=O) groups is 3. The van der Waals surface area contributed by atoms with E-state index in [4.69, 9.17) is 10.5 Å². The van der Waals surface area contributed by atoms with Crippen LogP contribution >= 0.6 is 0 Å². The molecule has 2 heterocycles. The SMILES string of the molecule is CN1C(=O)CCC(NC(=O)C2(CN)CCOCC2)C1=O. The molecule has 1 unspecified atom stereocenters. The Labute approximate surface area is 117 Å². The largest absolute Gasteiger partial charge is 0.381 e. The van der Waals surface area contributed by atoms with Gasteiger partial charge in [-0.05, 0) is 19.3 Å². The highest BCUT2D eigenvalue weighted by molar-refractivity contribution is 6.01. The Kier molecular flexibility index (Phi) is 4.39. The maximum atomic E-state index is 12.5. The number of rotatable bonds is 3. The average Bonchev–Trinajstić information content (AvgIpc) is 2.48. The van der Waals surface area contributed by atoms with Crippen molar-refractivity contribution in [2.45, 2.75) is 31.7 Å². The normalized spacial score (nSPS) is 26.5. The van der Waals surface area contributed by atoms with Crippen molar-refractivity contribution in [1.29, 1.82) is 0 Å². The van der Waals surface area contributed by atoms with E-state index < -0.39 is 11.5 Å². The summed E-state index contributed by atoms with van der Waals surface area (Å²) in [7, 11) is 1.44. The number of hydrogen-bond donors (Lipinski definition) is 2. The molecule has 7 heteroatoms. The minimum atomic E-state index is -0.654. The molecular formula is C13H21N3O4. The van der Waals surface area contributed by atoms with Crippen LogP contribution in [0.2, 0.25) is 0 Å². The molecule has 2 fully saturated rings. The first-order valence-corrected chi connectivity index (χ1v) is 6.89. The van der Waals surface area contributed by atoms with E-state index in [-0.39, 0.29) is 30.7 Å². The van der Waals surface area contributed by atoms with Crippen molar-refractivity contribution in [2.75, 3.05) is 26.8 Å². The van der Waals surface area contributed by atoms with Crippen molar-refractivity contribution < 1.29 is 19.1 Å². The molecular weight excluding hydrogens is 262 g/mol. The summed E-state index contributed by atoms with van der Waals surface area (Å²) >= 11 is 0. The first-order chi connectivity index (χ1) is 9.50. The second kappa shape index (κ2) is 5.88. The highest BCUT2D eigenvalue weighted by atomic mass is 16.5. The number of nitrogens with one attached hydrogen (secondary N) is 1. The van der Waals surface area contributed by atoms with Crippen LogP contribution in [0.15, 0.2) is 0 Å². The second-order valence-corrected chi connectivity index (χ2v) is 5.45. The lowest BCUT2D eigenvalue weighted by Gasteiger charge is -2.37. The summed E-state index contributed by atoms with van der Waals surface area (Å²) in [5, 5.41) is 2.76.